The minimum Gasteiger partial charge on any atom is -0.457 e. The number of thioether (sulfide) groups is 2. The molecule has 12 heteroatoms. The van der Waals surface area contributed by atoms with Crippen LogP contribution in [-0.4, -0.2) is 59.4 Å². The van der Waals surface area contributed by atoms with Crippen molar-refractivity contribution in [2.45, 2.75) is 60.0 Å². The first-order valence-corrected chi connectivity index (χ1v) is 13.0. The standard InChI is InChI=1S/C18H31O9PS2/c1-11-12(2)17(26-14(4)19)18(25-13(11)3)27-28(22,23-7-9-29-15(5)20)24-8-10-30-16(6)21/h11-13,17-18H,7-10H2,1-6H3/t11-,12-,13?,17?,18+/m0/s1. The average molecular weight is 487 g/mol. The molecule has 0 N–H and O–H groups in total. The van der Waals surface area contributed by atoms with E-state index in [9.17, 15) is 18.9 Å². The lowest BCUT2D eigenvalue weighted by Gasteiger charge is -2.42. The van der Waals surface area contributed by atoms with Crippen LogP contribution in [0.1, 0.15) is 41.5 Å². The SMILES string of the molecule is CC(=O)OC1[C@@H](OP(=O)(OCCSC(C)=O)OCCSC(C)=O)OC(C)[C@@H](C)[C@@H]1C. The fraction of sp³-hybridized carbons (Fsp3) is 0.833. The van der Waals surface area contributed by atoms with Gasteiger partial charge in [-0.15, -0.1) is 0 Å². The molecule has 0 aliphatic carbocycles. The highest BCUT2D eigenvalue weighted by molar-refractivity contribution is 8.13. The van der Waals surface area contributed by atoms with E-state index >= 15 is 0 Å². The summed E-state index contributed by atoms with van der Waals surface area (Å²) in [7, 11) is -4.13. The van der Waals surface area contributed by atoms with E-state index in [1.807, 2.05) is 20.8 Å². The summed E-state index contributed by atoms with van der Waals surface area (Å²) in [6.45, 7) is 9.69. The van der Waals surface area contributed by atoms with Gasteiger partial charge in [-0.2, -0.15) is 0 Å². The summed E-state index contributed by atoms with van der Waals surface area (Å²) in [6, 6.07) is 0. The summed E-state index contributed by atoms with van der Waals surface area (Å²) < 4.78 is 40.8. The number of ether oxygens (including phenoxy) is 2. The molecule has 1 heterocycles. The third kappa shape index (κ3) is 9.80. The van der Waals surface area contributed by atoms with Gasteiger partial charge >= 0.3 is 13.8 Å². The zero-order valence-electron chi connectivity index (χ0n) is 18.2. The molecule has 1 aliphatic heterocycles. The topological polar surface area (TPSA) is 114 Å². The summed E-state index contributed by atoms with van der Waals surface area (Å²) in [5.41, 5.74) is 0. The van der Waals surface area contributed by atoms with Crippen molar-refractivity contribution in [2.75, 3.05) is 24.7 Å². The first-order valence-electron chi connectivity index (χ1n) is 9.62. The van der Waals surface area contributed by atoms with Crippen molar-refractivity contribution in [2.24, 2.45) is 11.8 Å². The molecule has 1 rings (SSSR count). The van der Waals surface area contributed by atoms with Gasteiger partial charge in [0.1, 0.15) is 0 Å². The Morgan fingerprint density at radius 3 is 1.83 bits per heavy atom. The third-order valence-electron chi connectivity index (χ3n) is 4.52. The Balaban J connectivity index is 2.90. The third-order valence-corrected chi connectivity index (χ3v) is 7.53. The van der Waals surface area contributed by atoms with Gasteiger partial charge in [0.2, 0.25) is 6.29 Å². The molecule has 1 saturated heterocycles. The monoisotopic (exact) mass is 486 g/mol. The molecule has 2 unspecified atom stereocenters. The van der Waals surface area contributed by atoms with Gasteiger partial charge in [-0.3, -0.25) is 28.0 Å². The van der Waals surface area contributed by atoms with Crippen LogP contribution in [0.2, 0.25) is 0 Å². The van der Waals surface area contributed by atoms with E-state index in [0.717, 1.165) is 23.5 Å². The van der Waals surface area contributed by atoms with Crippen LogP contribution in [0.15, 0.2) is 0 Å². The van der Waals surface area contributed by atoms with Crippen LogP contribution in [0, 0.1) is 11.8 Å². The molecule has 0 radical (unpaired) electrons. The zero-order chi connectivity index (χ0) is 22.9. The van der Waals surface area contributed by atoms with Crippen LogP contribution in [0.4, 0.5) is 0 Å². The maximum Gasteiger partial charge on any atom is 0.477 e. The number of carbonyl (C=O) groups excluding carboxylic acids is 3. The van der Waals surface area contributed by atoms with Crippen LogP contribution in [0.25, 0.3) is 0 Å². The van der Waals surface area contributed by atoms with Crippen LogP contribution in [0.5, 0.6) is 0 Å². The molecule has 5 atom stereocenters. The number of hydrogen-bond acceptors (Lipinski definition) is 11. The normalized spacial score (nSPS) is 26.9. The number of esters is 1. The molecule has 0 aromatic rings. The van der Waals surface area contributed by atoms with Crippen molar-refractivity contribution < 1.29 is 42.0 Å². The fourth-order valence-corrected chi connectivity index (χ4v) is 5.13. The zero-order valence-corrected chi connectivity index (χ0v) is 20.7. The van der Waals surface area contributed by atoms with Gasteiger partial charge in [-0.25, -0.2) is 4.57 Å². The molecule has 0 bridgehead atoms. The first-order chi connectivity index (χ1) is 13.9. The molecule has 0 aromatic carbocycles. The lowest BCUT2D eigenvalue weighted by atomic mass is 9.84. The largest absolute Gasteiger partial charge is 0.477 e. The number of phosphoric ester groups is 1. The minimum absolute atomic E-state index is 0.0617. The molecular formula is C18H31O9PS2. The van der Waals surface area contributed by atoms with Crippen LogP contribution in [0.3, 0.4) is 0 Å². The van der Waals surface area contributed by atoms with E-state index < -0.39 is 26.2 Å². The minimum atomic E-state index is -4.13. The maximum atomic E-state index is 13.2. The molecule has 0 amide bonds. The molecule has 0 spiro atoms. The van der Waals surface area contributed by atoms with Crippen molar-refractivity contribution in [3.63, 3.8) is 0 Å². The van der Waals surface area contributed by atoms with Crippen molar-refractivity contribution in [3.8, 4) is 0 Å². The van der Waals surface area contributed by atoms with Gasteiger partial charge < -0.3 is 9.47 Å². The molecule has 1 fully saturated rings. The smallest absolute Gasteiger partial charge is 0.457 e. The maximum absolute atomic E-state index is 13.2. The second kappa shape index (κ2) is 13.2. The predicted molar refractivity (Wildman–Crippen MR) is 115 cm³/mol. The second-order valence-corrected chi connectivity index (χ2v) is 11.1. The Morgan fingerprint density at radius 1 is 0.900 bits per heavy atom. The van der Waals surface area contributed by atoms with Gasteiger partial charge in [-0.05, 0) is 12.8 Å². The molecule has 1 aliphatic rings. The molecular weight excluding hydrogens is 455 g/mol. The summed E-state index contributed by atoms with van der Waals surface area (Å²) in [5, 5.41) is -0.203. The van der Waals surface area contributed by atoms with Crippen LogP contribution < -0.4 is 0 Å². The quantitative estimate of drug-likeness (QED) is 0.242. The summed E-state index contributed by atoms with van der Waals surface area (Å²) >= 11 is 2.03. The van der Waals surface area contributed by atoms with Gasteiger partial charge in [0.15, 0.2) is 16.3 Å². The van der Waals surface area contributed by atoms with Crippen LogP contribution >= 0.6 is 31.3 Å². The van der Waals surface area contributed by atoms with Crippen molar-refractivity contribution in [1.82, 2.24) is 0 Å². The number of rotatable bonds is 11. The Hall–Kier alpha value is -0.420. The Kier molecular flexibility index (Phi) is 12.2. The molecule has 174 valence electrons. The molecule has 9 nitrogen and oxygen atoms in total. The van der Waals surface area contributed by atoms with E-state index in [0.29, 0.717) is 0 Å². The van der Waals surface area contributed by atoms with Gasteiger partial charge in [0, 0.05) is 38.2 Å². The summed E-state index contributed by atoms with van der Waals surface area (Å²) in [4.78, 5) is 33.7. The molecule has 30 heavy (non-hydrogen) atoms. The van der Waals surface area contributed by atoms with Crippen molar-refractivity contribution >= 4 is 47.5 Å². The highest BCUT2D eigenvalue weighted by atomic mass is 32.2. The van der Waals surface area contributed by atoms with E-state index in [4.69, 9.17) is 23.0 Å². The van der Waals surface area contributed by atoms with Gasteiger partial charge in [0.05, 0.1) is 19.3 Å². The number of hydrogen-bond donors (Lipinski definition) is 0. The number of phosphoric acid groups is 1. The van der Waals surface area contributed by atoms with E-state index in [1.165, 1.54) is 20.8 Å². The first kappa shape index (κ1) is 27.6. The average Bonchev–Trinajstić information content (AvgIpc) is 2.63. The second-order valence-electron chi connectivity index (χ2n) is 6.90. The molecule has 0 aromatic heterocycles. The number of carbonyl (C=O) groups is 3. The highest BCUT2D eigenvalue weighted by Gasteiger charge is 2.46. The summed E-state index contributed by atoms with van der Waals surface area (Å²) in [6.07, 6.45) is -2.19. The lowest BCUT2D eigenvalue weighted by molar-refractivity contribution is -0.248. The Morgan fingerprint density at radius 2 is 1.40 bits per heavy atom. The Bertz CT molecular complexity index is 619. The highest BCUT2D eigenvalue weighted by Crippen LogP contribution is 2.53. The van der Waals surface area contributed by atoms with Gasteiger partial charge in [-0.1, -0.05) is 37.4 Å². The summed E-state index contributed by atoms with van der Waals surface area (Å²) in [5.74, 6) is -0.0568. The van der Waals surface area contributed by atoms with Crippen molar-refractivity contribution in [3.05, 3.63) is 0 Å². The van der Waals surface area contributed by atoms with E-state index in [2.05, 4.69) is 0 Å². The molecule has 0 saturated carbocycles. The van der Waals surface area contributed by atoms with Crippen LogP contribution in [-0.2, 0) is 42.0 Å². The van der Waals surface area contributed by atoms with E-state index in [1.54, 1.807) is 0 Å². The van der Waals surface area contributed by atoms with E-state index in [-0.39, 0.29) is 52.9 Å². The fourth-order valence-electron chi connectivity index (χ4n) is 2.72. The Labute approximate surface area is 186 Å². The van der Waals surface area contributed by atoms with Crippen molar-refractivity contribution in [1.29, 1.82) is 0 Å². The van der Waals surface area contributed by atoms with Gasteiger partial charge in [0.25, 0.3) is 0 Å². The lowest BCUT2D eigenvalue weighted by Crippen LogP contribution is -2.50. The predicted octanol–water partition coefficient (Wildman–Crippen LogP) is 3.65.